The van der Waals surface area contributed by atoms with Crippen molar-refractivity contribution in [1.29, 1.82) is 5.26 Å². The second-order valence-electron chi connectivity index (χ2n) is 4.75. The minimum absolute atomic E-state index is 0.0753. The Morgan fingerprint density at radius 3 is 2.68 bits per heavy atom. The van der Waals surface area contributed by atoms with E-state index < -0.39 is 27.1 Å². The summed E-state index contributed by atoms with van der Waals surface area (Å²) in [6, 6.07) is 5.99. The number of carbonyl (C=O) groups excluding carboxylic acids is 2. The second kappa shape index (κ2) is 5.75. The highest BCUT2D eigenvalue weighted by Crippen LogP contribution is 2.28. The van der Waals surface area contributed by atoms with E-state index in [-0.39, 0.29) is 29.8 Å². The Bertz CT molecular complexity index is 781. The number of nitriles is 1. The monoisotopic (exact) mass is 323 g/mol. The van der Waals surface area contributed by atoms with E-state index in [2.05, 4.69) is 4.74 Å². The third-order valence-electron chi connectivity index (χ3n) is 3.38. The fourth-order valence-electron chi connectivity index (χ4n) is 2.23. The number of primary sulfonamides is 1. The Morgan fingerprint density at radius 1 is 1.50 bits per heavy atom. The van der Waals surface area contributed by atoms with Crippen LogP contribution in [0.5, 0.6) is 0 Å². The van der Waals surface area contributed by atoms with Gasteiger partial charge in [-0.05, 0) is 18.2 Å². The van der Waals surface area contributed by atoms with Crippen molar-refractivity contribution in [2.24, 2.45) is 5.14 Å². The summed E-state index contributed by atoms with van der Waals surface area (Å²) in [6.07, 6.45) is -0.234. The number of hydrogen-bond donors (Lipinski definition) is 1. The lowest BCUT2D eigenvalue weighted by Crippen LogP contribution is -2.32. The van der Waals surface area contributed by atoms with Gasteiger partial charge in [0.15, 0.2) is 0 Å². The molecule has 2 N–H and O–H groups in total. The molecule has 2 rings (SSSR count). The van der Waals surface area contributed by atoms with Gasteiger partial charge in [0.1, 0.15) is 11.3 Å². The van der Waals surface area contributed by atoms with Gasteiger partial charge in [0.25, 0.3) is 0 Å². The van der Waals surface area contributed by atoms with E-state index in [1.165, 1.54) is 30.2 Å². The van der Waals surface area contributed by atoms with Gasteiger partial charge in [0.05, 0.1) is 23.9 Å². The van der Waals surface area contributed by atoms with Gasteiger partial charge in [0.2, 0.25) is 15.9 Å². The molecule has 116 valence electrons. The van der Waals surface area contributed by atoms with E-state index in [4.69, 9.17) is 5.14 Å². The first kappa shape index (κ1) is 15.9. The minimum atomic E-state index is -3.84. The maximum Gasteiger partial charge on any atom is 0.337 e. The smallest absolute Gasteiger partial charge is 0.337 e. The molecule has 1 aliphatic heterocycles. The predicted octanol–water partition coefficient (Wildman–Crippen LogP) is -0.261. The van der Waals surface area contributed by atoms with Crippen molar-refractivity contribution in [2.75, 3.05) is 18.6 Å². The molecule has 1 atom stereocenters. The van der Waals surface area contributed by atoms with E-state index in [9.17, 15) is 23.3 Å². The quantitative estimate of drug-likeness (QED) is 0.762. The van der Waals surface area contributed by atoms with Crippen molar-refractivity contribution < 1.29 is 22.7 Å². The molecule has 0 bridgehead atoms. The van der Waals surface area contributed by atoms with Crippen molar-refractivity contribution in [3.05, 3.63) is 29.3 Å². The van der Waals surface area contributed by atoms with E-state index in [1.54, 1.807) is 0 Å². The molecule has 1 aromatic carbocycles. The normalized spacial score (nSPS) is 18.1. The van der Waals surface area contributed by atoms with Crippen molar-refractivity contribution >= 4 is 27.6 Å². The fraction of sp³-hybridized carbons (Fsp3) is 0.308. The third kappa shape index (κ3) is 2.93. The summed E-state index contributed by atoms with van der Waals surface area (Å²) in [5.41, 5.74) is 0.482. The zero-order valence-corrected chi connectivity index (χ0v) is 12.5. The Balaban J connectivity index is 2.40. The molecule has 1 saturated heterocycles. The molecule has 0 aromatic heterocycles. The molecule has 8 nitrogen and oxygen atoms in total. The lowest BCUT2D eigenvalue weighted by atomic mass is 10.1. The molecule has 0 saturated carbocycles. The van der Waals surface area contributed by atoms with Gasteiger partial charge in [0, 0.05) is 13.0 Å². The molecule has 1 aromatic rings. The summed E-state index contributed by atoms with van der Waals surface area (Å²) in [5.74, 6) is -1.06. The molecule has 0 aliphatic carbocycles. The van der Waals surface area contributed by atoms with Gasteiger partial charge < -0.3 is 9.64 Å². The van der Waals surface area contributed by atoms with Crippen LogP contribution in [0.1, 0.15) is 22.3 Å². The third-order valence-corrected chi connectivity index (χ3v) is 4.63. The van der Waals surface area contributed by atoms with Crippen LogP contribution in [0.25, 0.3) is 0 Å². The molecule has 1 unspecified atom stereocenters. The van der Waals surface area contributed by atoms with Crippen LogP contribution in [0.3, 0.4) is 0 Å². The number of ether oxygens (including phenoxy) is 1. The maximum absolute atomic E-state index is 12.0. The lowest BCUT2D eigenvalue weighted by Gasteiger charge is -2.18. The van der Waals surface area contributed by atoms with Gasteiger partial charge in [-0.15, -0.1) is 0 Å². The zero-order valence-electron chi connectivity index (χ0n) is 11.6. The molecule has 9 heteroatoms. The summed E-state index contributed by atoms with van der Waals surface area (Å²) in [5, 5.41) is 13.2. The summed E-state index contributed by atoms with van der Waals surface area (Å²) in [4.78, 5) is 24.6. The highest BCUT2D eigenvalue weighted by molar-refractivity contribution is 7.89. The van der Waals surface area contributed by atoms with Crippen LogP contribution in [-0.2, 0) is 19.6 Å². The molecule has 1 fully saturated rings. The van der Waals surface area contributed by atoms with Crippen LogP contribution in [0.15, 0.2) is 18.2 Å². The van der Waals surface area contributed by atoms with Crippen LogP contribution < -0.4 is 10.0 Å². The molecule has 1 heterocycles. The van der Waals surface area contributed by atoms with Crippen LogP contribution in [-0.4, -0.2) is 39.2 Å². The molecule has 1 amide bonds. The van der Waals surface area contributed by atoms with Crippen molar-refractivity contribution in [2.45, 2.75) is 11.7 Å². The number of esters is 1. The average molecular weight is 323 g/mol. The standard InChI is InChI=1S/C13H13N3O5S/c1-21-13(18)8-2-3-11(9(4-8)6-14)16-7-10(5-12(16)17)22(15,19)20/h2-4,10H,5,7H2,1H3,(H2,15,19,20). The van der Waals surface area contributed by atoms with E-state index >= 15 is 0 Å². The average Bonchev–Trinajstić information content (AvgIpc) is 2.87. The van der Waals surface area contributed by atoms with Gasteiger partial charge in [-0.1, -0.05) is 0 Å². The van der Waals surface area contributed by atoms with Crippen LogP contribution in [0, 0.1) is 11.3 Å². The number of rotatable bonds is 3. The zero-order chi connectivity index (χ0) is 16.5. The van der Waals surface area contributed by atoms with Gasteiger partial charge in [-0.2, -0.15) is 5.26 Å². The first-order chi connectivity index (χ1) is 10.3. The van der Waals surface area contributed by atoms with Crippen molar-refractivity contribution in [3.63, 3.8) is 0 Å². The molecular weight excluding hydrogens is 310 g/mol. The molecule has 0 spiro atoms. The summed E-state index contributed by atoms with van der Waals surface area (Å²) in [7, 11) is -2.63. The lowest BCUT2D eigenvalue weighted by molar-refractivity contribution is -0.117. The number of hydrogen-bond acceptors (Lipinski definition) is 6. The van der Waals surface area contributed by atoms with Crippen LogP contribution in [0.4, 0.5) is 5.69 Å². The van der Waals surface area contributed by atoms with E-state index in [0.29, 0.717) is 0 Å². The molecule has 22 heavy (non-hydrogen) atoms. The van der Waals surface area contributed by atoms with E-state index in [0.717, 1.165) is 0 Å². The first-order valence-electron chi connectivity index (χ1n) is 6.22. The minimum Gasteiger partial charge on any atom is -0.465 e. The highest BCUT2D eigenvalue weighted by atomic mass is 32.2. The number of sulfonamides is 1. The highest BCUT2D eigenvalue weighted by Gasteiger charge is 2.38. The summed E-state index contributed by atoms with van der Waals surface area (Å²) < 4.78 is 27.3. The number of methoxy groups -OCH3 is 1. The number of nitrogens with zero attached hydrogens (tertiary/aromatic N) is 2. The predicted molar refractivity (Wildman–Crippen MR) is 76.4 cm³/mol. The Labute approximate surface area is 127 Å². The molecular formula is C13H13N3O5S. The van der Waals surface area contributed by atoms with Gasteiger partial charge >= 0.3 is 5.97 Å². The number of amides is 1. The number of anilines is 1. The number of benzene rings is 1. The maximum atomic E-state index is 12.0. The summed E-state index contributed by atoms with van der Waals surface area (Å²) in [6.45, 7) is -0.121. The van der Waals surface area contributed by atoms with Crippen LogP contribution in [0.2, 0.25) is 0 Å². The van der Waals surface area contributed by atoms with Crippen molar-refractivity contribution in [3.8, 4) is 6.07 Å². The van der Waals surface area contributed by atoms with Crippen molar-refractivity contribution in [1.82, 2.24) is 0 Å². The second-order valence-corrected chi connectivity index (χ2v) is 6.60. The van der Waals surface area contributed by atoms with Crippen LogP contribution >= 0.6 is 0 Å². The van der Waals surface area contributed by atoms with Gasteiger partial charge in [-0.3, -0.25) is 4.79 Å². The molecule has 1 aliphatic rings. The first-order valence-corrected chi connectivity index (χ1v) is 7.83. The van der Waals surface area contributed by atoms with Gasteiger partial charge in [-0.25, -0.2) is 18.4 Å². The Kier molecular flexibility index (Phi) is 4.16. The SMILES string of the molecule is COC(=O)c1ccc(N2CC(S(N)(=O)=O)CC2=O)c(C#N)c1. The summed E-state index contributed by atoms with van der Waals surface area (Å²) >= 11 is 0. The largest absolute Gasteiger partial charge is 0.465 e. The fourth-order valence-corrected chi connectivity index (χ4v) is 2.97. The topological polar surface area (TPSA) is 131 Å². The van der Waals surface area contributed by atoms with E-state index in [1.807, 2.05) is 6.07 Å². The number of carbonyl (C=O) groups is 2. The number of nitrogens with two attached hydrogens (primary N) is 1. The molecule has 0 radical (unpaired) electrons. The Hall–Kier alpha value is -2.44. The Morgan fingerprint density at radius 2 is 2.18 bits per heavy atom.